The lowest BCUT2D eigenvalue weighted by molar-refractivity contribution is -0.884. The standard InChI is InChI=1S/C22H24N2O2/c1-4-13-26-18-11-9-17(10-12-18)14-24(3)15-21(25)22-16(2)23-20-8-6-5-7-19(20)22/h4-12,23H,1,13-15H2,2-3H3/p+1. The van der Waals surface area contributed by atoms with Gasteiger partial charge in [0, 0.05) is 22.2 Å². The normalized spacial score (nSPS) is 12.1. The Hall–Kier alpha value is -2.85. The van der Waals surface area contributed by atoms with Crippen molar-refractivity contribution < 1.29 is 14.4 Å². The quantitative estimate of drug-likeness (QED) is 0.485. The summed E-state index contributed by atoms with van der Waals surface area (Å²) in [6.45, 7) is 7.35. The Morgan fingerprint density at radius 2 is 1.92 bits per heavy atom. The summed E-state index contributed by atoms with van der Waals surface area (Å²) in [4.78, 5) is 17.3. The lowest BCUT2D eigenvalue weighted by atomic mass is 10.1. The number of rotatable bonds is 8. The van der Waals surface area contributed by atoms with E-state index >= 15 is 0 Å². The summed E-state index contributed by atoms with van der Waals surface area (Å²) in [6, 6.07) is 16.0. The van der Waals surface area contributed by atoms with Gasteiger partial charge in [0.05, 0.1) is 12.6 Å². The molecule has 2 aromatic carbocycles. The van der Waals surface area contributed by atoms with Crippen LogP contribution in [0, 0.1) is 6.92 Å². The van der Waals surface area contributed by atoms with Crippen molar-refractivity contribution in [1.29, 1.82) is 0 Å². The first-order valence-electron chi connectivity index (χ1n) is 8.83. The molecule has 4 heteroatoms. The fourth-order valence-electron chi connectivity index (χ4n) is 3.27. The van der Waals surface area contributed by atoms with Crippen molar-refractivity contribution in [2.75, 3.05) is 20.2 Å². The number of H-pyrrole nitrogens is 1. The van der Waals surface area contributed by atoms with E-state index in [0.29, 0.717) is 13.2 Å². The lowest BCUT2D eigenvalue weighted by Gasteiger charge is -2.14. The zero-order chi connectivity index (χ0) is 18.5. The van der Waals surface area contributed by atoms with E-state index in [9.17, 15) is 4.79 Å². The Morgan fingerprint density at radius 3 is 2.65 bits per heavy atom. The highest BCUT2D eigenvalue weighted by molar-refractivity contribution is 6.09. The molecule has 0 bridgehead atoms. The third-order valence-corrected chi connectivity index (χ3v) is 4.43. The first-order valence-corrected chi connectivity index (χ1v) is 8.83. The van der Waals surface area contributed by atoms with Gasteiger partial charge in [-0.3, -0.25) is 4.79 Å². The number of hydrogen-bond donors (Lipinski definition) is 2. The molecule has 134 valence electrons. The number of Topliss-reactive ketones (excluding diaryl/α,β-unsaturated/α-hetero) is 1. The minimum absolute atomic E-state index is 0.170. The van der Waals surface area contributed by atoms with Gasteiger partial charge in [-0.05, 0) is 37.3 Å². The molecule has 1 unspecified atom stereocenters. The number of carbonyl (C=O) groups excluding carboxylic acids is 1. The highest BCUT2D eigenvalue weighted by atomic mass is 16.5. The van der Waals surface area contributed by atoms with Crippen LogP contribution < -0.4 is 9.64 Å². The van der Waals surface area contributed by atoms with Crippen LogP contribution in [0.25, 0.3) is 10.9 Å². The van der Waals surface area contributed by atoms with Crippen molar-refractivity contribution in [3.05, 3.63) is 78.0 Å². The Bertz CT molecular complexity index is 910. The number of fused-ring (bicyclic) bond motifs is 1. The number of carbonyl (C=O) groups is 1. The molecule has 0 aliphatic carbocycles. The van der Waals surface area contributed by atoms with Crippen LogP contribution in [0.4, 0.5) is 0 Å². The molecule has 0 aliphatic rings. The maximum absolute atomic E-state index is 12.8. The highest BCUT2D eigenvalue weighted by Gasteiger charge is 2.19. The number of para-hydroxylation sites is 1. The molecule has 4 nitrogen and oxygen atoms in total. The predicted molar refractivity (Wildman–Crippen MR) is 105 cm³/mol. The fraction of sp³-hybridized carbons (Fsp3) is 0.227. The van der Waals surface area contributed by atoms with Crippen molar-refractivity contribution in [2.24, 2.45) is 0 Å². The average molecular weight is 349 g/mol. The minimum Gasteiger partial charge on any atom is -0.490 e. The van der Waals surface area contributed by atoms with Gasteiger partial charge in [-0.15, -0.1) is 0 Å². The largest absolute Gasteiger partial charge is 0.490 e. The first kappa shape index (κ1) is 18.0. The molecule has 3 aromatic rings. The maximum Gasteiger partial charge on any atom is 0.219 e. The van der Waals surface area contributed by atoms with Gasteiger partial charge in [-0.25, -0.2) is 0 Å². The number of ether oxygens (including phenoxy) is 1. The van der Waals surface area contributed by atoms with Crippen molar-refractivity contribution in [3.8, 4) is 5.75 Å². The smallest absolute Gasteiger partial charge is 0.219 e. The third-order valence-electron chi connectivity index (χ3n) is 4.43. The summed E-state index contributed by atoms with van der Waals surface area (Å²) >= 11 is 0. The molecule has 1 atom stereocenters. The number of nitrogens with one attached hydrogen (secondary N) is 2. The van der Waals surface area contributed by atoms with Gasteiger partial charge in [-0.1, -0.05) is 30.9 Å². The van der Waals surface area contributed by atoms with E-state index in [-0.39, 0.29) is 5.78 Å². The van der Waals surface area contributed by atoms with E-state index in [1.165, 1.54) is 5.56 Å². The highest BCUT2D eigenvalue weighted by Crippen LogP contribution is 2.21. The summed E-state index contributed by atoms with van der Waals surface area (Å²) in [6.07, 6.45) is 1.73. The number of aryl methyl sites for hydroxylation is 1. The number of aromatic nitrogens is 1. The average Bonchev–Trinajstić information content (AvgIpc) is 2.96. The van der Waals surface area contributed by atoms with Crippen LogP contribution in [-0.2, 0) is 6.54 Å². The van der Waals surface area contributed by atoms with Crippen molar-refractivity contribution in [2.45, 2.75) is 13.5 Å². The molecule has 1 aromatic heterocycles. The van der Waals surface area contributed by atoms with E-state index in [1.54, 1.807) is 6.08 Å². The van der Waals surface area contributed by atoms with Crippen LogP contribution in [0.3, 0.4) is 0 Å². The van der Waals surface area contributed by atoms with E-state index in [4.69, 9.17) is 4.74 Å². The van der Waals surface area contributed by atoms with E-state index in [0.717, 1.165) is 39.4 Å². The van der Waals surface area contributed by atoms with Gasteiger partial charge in [0.15, 0.2) is 0 Å². The van der Waals surface area contributed by atoms with Crippen LogP contribution in [0.5, 0.6) is 5.75 Å². The number of hydrogen-bond acceptors (Lipinski definition) is 2. The van der Waals surface area contributed by atoms with E-state index in [2.05, 4.69) is 11.6 Å². The summed E-state index contributed by atoms with van der Waals surface area (Å²) in [5.41, 5.74) is 3.94. The predicted octanol–water partition coefficient (Wildman–Crippen LogP) is 2.94. The molecular formula is C22H25N2O2+. The van der Waals surface area contributed by atoms with Crippen LogP contribution in [0.2, 0.25) is 0 Å². The second-order valence-electron chi connectivity index (χ2n) is 6.65. The molecule has 0 amide bonds. The van der Waals surface area contributed by atoms with Crippen LogP contribution in [0.1, 0.15) is 21.6 Å². The van der Waals surface area contributed by atoms with Gasteiger partial charge in [0.25, 0.3) is 0 Å². The molecule has 0 radical (unpaired) electrons. The Kier molecular flexibility index (Phi) is 5.54. The summed E-state index contributed by atoms with van der Waals surface area (Å²) in [5.74, 6) is 1.00. The monoisotopic (exact) mass is 349 g/mol. The minimum atomic E-state index is 0.170. The topological polar surface area (TPSA) is 46.5 Å². The number of aromatic amines is 1. The first-order chi connectivity index (χ1) is 12.6. The van der Waals surface area contributed by atoms with Gasteiger partial charge < -0.3 is 14.6 Å². The zero-order valence-corrected chi connectivity index (χ0v) is 15.3. The van der Waals surface area contributed by atoms with Crippen LogP contribution >= 0.6 is 0 Å². The van der Waals surface area contributed by atoms with Crippen molar-refractivity contribution in [3.63, 3.8) is 0 Å². The number of likely N-dealkylation sites (N-methyl/N-ethyl adjacent to an activating group) is 1. The molecule has 0 spiro atoms. The molecule has 26 heavy (non-hydrogen) atoms. The summed E-state index contributed by atoms with van der Waals surface area (Å²) < 4.78 is 5.50. The molecule has 1 heterocycles. The van der Waals surface area contributed by atoms with Crippen LogP contribution in [0.15, 0.2) is 61.2 Å². The Labute approximate surface area is 154 Å². The molecule has 3 rings (SSSR count). The van der Waals surface area contributed by atoms with Gasteiger partial charge in [0.2, 0.25) is 5.78 Å². The Balaban J connectivity index is 1.65. The molecular weight excluding hydrogens is 324 g/mol. The fourth-order valence-corrected chi connectivity index (χ4v) is 3.27. The molecule has 0 saturated carbocycles. The SMILES string of the molecule is C=CCOc1ccc(C[NH+](C)CC(=O)c2c(C)[nH]c3ccccc23)cc1. The van der Waals surface area contributed by atoms with Crippen LogP contribution in [-0.4, -0.2) is 31.0 Å². The van der Waals surface area contributed by atoms with E-state index in [1.807, 2.05) is 62.5 Å². The molecule has 0 aliphatic heterocycles. The Morgan fingerprint density at radius 1 is 1.19 bits per heavy atom. The number of benzene rings is 2. The molecule has 0 fully saturated rings. The number of quaternary nitrogens is 1. The molecule has 0 saturated heterocycles. The molecule has 2 N–H and O–H groups in total. The second kappa shape index (κ2) is 8.02. The summed E-state index contributed by atoms with van der Waals surface area (Å²) in [5, 5.41) is 1.01. The van der Waals surface area contributed by atoms with Gasteiger partial charge >= 0.3 is 0 Å². The van der Waals surface area contributed by atoms with Crippen molar-refractivity contribution in [1.82, 2.24) is 4.98 Å². The third kappa shape index (κ3) is 4.03. The van der Waals surface area contributed by atoms with Gasteiger partial charge in [0.1, 0.15) is 25.4 Å². The van der Waals surface area contributed by atoms with Crippen molar-refractivity contribution >= 4 is 16.7 Å². The van der Waals surface area contributed by atoms with Gasteiger partial charge in [-0.2, -0.15) is 0 Å². The zero-order valence-electron chi connectivity index (χ0n) is 15.3. The lowest BCUT2D eigenvalue weighted by Crippen LogP contribution is -3.08. The maximum atomic E-state index is 12.8. The number of ketones is 1. The van der Waals surface area contributed by atoms with E-state index < -0.39 is 0 Å². The second-order valence-corrected chi connectivity index (χ2v) is 6.65. The summed E-state index contributed by atoms with van der Waals surface area (Å²) in [7, 11) is 2.05.